The molecule has 0 aromatic rings. The van der Waals surface area contributed by atoms with Crippen molar-refractivity contribution in [1.82, 2.24) is 4.90 Å². The van der Waals surface area contributed by atoms with Crippen molar-refractivity contribution >= 4 is 0 Å². The zero-order valence-electron chi connectivity index (χ0n) is 10.8. The first-order valence-corrected chi connectivity index (χ1v) is 6.53. The van der Waals surface area contributed by atoms with Crippen molar-refractivity contribution in [3.8, 4) is 0 Å². The highest BCUT2D eigenvalue weighted by atomic mass is 15.2. The third-order valence-corrected chi connectivity index (χ3v) is 3.54. The summed E-state index contributed by atoms with van der Waals surface area (Å²) in [6, 6.07) is 0.843. The average Bonchev–Trinajstić information content (AvgIpc) is 2.70. The van der Waals surface area contributed by atoms with Gasteiger partial charge in [-0.1, -0.05) is 33.6 Å². The van der Waals surface area contributed by atoms with Crippen LogP contribution in [-0.2, 0) is 0 Å². The van der Waals surface area contributed by atoms with Gasteiger partial charge in [0, 0.05) is 12.6 Å². The van der Waals surface area contributed by atoms with Crippen LogP contribution >= 0.6 is 0 Å². The molecule has 1 rings (SSSR count). The van der Waals surface area contributed by atoms with Gasteiger partial charge in [-0.15, -0.1) is 0 Å². The molecule has 1 aliphatic rings. The van der Waals surface area contributed by atoms with Gasteiger partial charge in [0.05, 0.1) is 0 Å². The minimum atomic E-state index is 0.276. The van der Waals surface area contributed by atoms with Crippen molar-refractivity contribution in [2.24, 2.45) is 11.1 Å². The first kappa shape index (κ1) is 13.0. The summed E-state index contributed by atoms with van der Waals surface area (Å²) >= 11 is 0. The van der Waals surface area contributed by atoms with Gasteiger partial charge in [-0.3, -0.25) is 4.90 Å². The summed E-state index contributed by atoms with van der Waals surface area (Å²) in [5.41, 5.74) is 6.10. The summed E-state index contributed by atoms with van der Waals surface area (Å²) in [6.45, 7) is 10.0. The predicted molar refractivity (Wildman–Crippen MR) is 67.0 cm³/mol. The van der Waals surface area contributed by atoms with E-state index in [4.69, 9.17) is 5.73 Å². The first-order valence-electron chi connectivity index (χ1n) is 6.53. The molecule has 15 heavy (non-hydrogen) atoms. The van der Waals surface area contributed by atoms with Gasteiger partial charge in [-0.25, -0.2) is 0 Å². The lowest BCUT2D eigenvalue weighted by Gasteiger charge is -2.35. The van der Waals surface area contributed by atoms with Crippen LogP contribution in [0.1, 0.15) is 52.9 Å². The summed E-state index contributed by atoms with van der Waals surface area (Å²) in [4.78, 5) is 2.68. The van der Waals surface area contributed by atoms with Crippen LogP contribution in [0.25, 0.3) is 0 Å². The number of hydrogen-bond acceptors (Lipinski definition) is 2. The maximum atomic E-state index is 5.82. The van der Waals surface area contributed by atoms with Crippen molar-refractivity contribution in [1.29, 1.82) is 0 Å². The Bertz CT molecular complexity index is 171. The topological polar surface area (TPSA) is 29.3 Å². The lowest BCUT2D eigenvalue weighted by molar-refractivity contribution is 0.134. The largest absolute Gasteiger partial charge is 0.330 e. The molecular weight excluding hydrogens is 184 g/mol. The third kappa shape index (κ3) is 4.12. The molecule has 0 bridgehead atoms. The fourth-order valence-electron chi connectivity index (χ4n) is 2.56. The highest BCUT2D eigenvalue weighted by Crippen LogP contribution is 2.26. The molecular formula is C13H28N2. The SMILES string of the molecule is CCCN(CC(C)(C)CN)C1CCCC1. The van der Waals surface area contributed by atoms with Gasteiger partial charge < -0.3 is 5.73 Å². The highest BCUT2D eigenvalue weighted by molar-refractivity contribution is 4.82. The molecule has 90 valence electrons. The molecule has 1 aliphatic carbocycles. The third-order valence-electron chi connectivity index (χ3n) is 3.54. The molecule has 0 aromatic carbocycles. The fourth-order valence-corrected chi connectivity index (χ4v) is 2.56. The van der Waals surface area contributed by atoms with E-state index in [0.717, 1.165) is 12.6 Å². The van der Waals surface area contributed by atoms with Crippen LogP contribution < -0.4 is 5.73 Å². The van der Waals surface area contributed by atoms with Crippen molar-refractivity contribution in [2.45, 2.75) is 58.9 Å². The zero-order valence-corrected chi connectivity index (χ0v) is 10.8. The summed E-state index contributed by atoms with van der Waals surface area (Å²) in [5, 5.41) is 0. The van der Waals surface area contributed by atoms with Gasteiger partial charge in [-0.05, 0) is 37.8 Å². The highest BCUT2D eigenvalue weighted by Gasteiger charge is 2.27. The average molecular weight is 212 g/mol. The summed E-state index contributed by atoms with van der Waals surface area (Å²) in [5.74, 6) is 0. The van der Waals surface area contributed by atoms with Crippen molar-refractivity contribution in [3.63, 3.8) is 0 Å². The molecule has 2 N–H and O–H groups in total. The minimum Gasteiger partial charge on any atom is -0.330 e. The van der Waals surface area contributed by atoms with Gasteiger partial charge in [0.15, 0.2) is 0 Å². The minimum absolute atomic E-state index is 0.276. The van der Waals surface area contributed by atoms with E-state index < -0.39 is 0 Å². The quantitative estimate of drug-likeness (QED) is 0.733. The number of hydrogen-bond donors (Lipinski definition) is 1. The van der Waals surface area contributed by atoms with E-state index in [1.165, 1.54) is 45.2 Å². The summed E-state index contributed by atoms with van der Waals surface area (Å²) < 4.78 is 0. The van der Waals surface area contributed by atoms with Crippen molar-refractivity contribution in [2.75, 3.05) is 19.6 Å². The second-order valence-corrected chi connectivity index (χ2v) is 5.78. The molecule has 0 saturated heterocycles. The number of nitrogens with zero attached hydrogens (tertiary/aromatic N) is 1. The monoisotopic (exact) mass is 212 g/mol. The Morgan fingerprint density at radius 3 is 2.33 bits per heavy atom. The zero-order chi connectivity index (χ0) is 11.3. The molecule has 2 heteroatoms. The smallest absolute Gasteiger partial charge is 0.00954 e. The maximum absolute atomic E-state index is 5.82. The van der Waals surface area contributed by atoms with E-state index in [1.54, 1.807) is 0 Å². The standard InChI is InChI=1S/C13H28N2/c1-4-9-15(11-13(2,3)10-14)12-7-5-6-8-12/h12H,4-11,14H2,1-3H3. The molecule has 0 aliphatic heterocycles. The van der Waals surface area contributed by atoms with Gasteiger partial charge in [0.25, 0.3) is 0 Å². The van der Waals surface area contributed by atoms with Crippen LogP contribution in [0.5, 0.6) is 0 Å². The molecule has 1 saturated carbocycles. The molecule has 1 fully saturated rings. The Kier molecular flexibility index (Phi) is 5.07. The Labute approximate surface area is 95.2 Å². The van der Waals surface area contributed by atoms with Gasteiger partial charge >= 0.3 is 0 Å². The summed E-state index contributed by atoms with van der Waals surface area (Å²) in [7, 11) is 0. The molecule has 0 unspecified atom stereocenters. The number of rotatable bonds is 6. The van der Waals surface area contributed by atoms with Gasteiger partial charge in [0.2, 0.25) is 0 Å². The Morgan fingerprint density at radius 1 is 1.27 bits per heavy atom. The molecule has 0 amide bonds. The normalized spacial score (nSPS) is 19.0. The van der Waals surface area contributed by atoms with E-state index in [2.05, 4.69) is 25.7 Å². The second kappa shape index (κ2) is 5.86. The van der Waals surface area contributed by atoms with E-state index in [-0.39, 0.29) is 5.41 Å². The fraction of sp³-hybridized carbons (Fsp3) is 1.00. The Hall–Kier alpha value is -0.0800. The van der Waals surface area contributed by atoms with Gasteiger partial charge in [0.1, 0.15) is 0 Å². The molecule has 2 nitrogen and oxygen atoms in total. The van der Waals surface area contributed by atoms with Crippen LogP contribution in [0, 0.1) is 5.41 Å². The van der Waals surface area contributed by atoms with E-state index in [0.29, 0.717) is 0 Å². The molecule has 0 aromatic heterocycles. The Balaban J connectivity index is 2.49. The molecule has 0 radical (unpaired) electrons. The lowest BCUT2D eigenvalue weighted by Crippen LogP contribution is -2.43. The second-order valence-electron chi connectivity index (χ2n) is 5.78. The maximum Gasteiger partial charge on any atom is 0.00954 e. The molecule has 0 atom stereocenters. The van der Waals surface area contributed by atoms with Gasteiger partial charge in [-0.2, -0.15) is 0 Å². The van der Waals surface area contributed by atoms with Crippen molar-refractivity contribution in [3.05, 3.63) is 0 Å². The van der Waals surface area contributed by atoms with Crippen molar-refractivity contribution < 1.29 is 0 Å². The van der Waals surface area contributed by atoms with Crippen LogP contribution in [0.3, 0.4) is 0 Å². The lowest BCUT2D eigenvalue weighted by atomic mass is 9.92. The van der Waals surface area contributed by atoms with E-state index >= 15 is 0 Å². The molecule has 0 spiro atoms. The van der Waals surface area contributed by atoms with Crippen LogP contribution in [-0.4, -0.2) is 30.6 Å². The van der Waals surface area contributed by atoms with E-state index in [9.17, 15) is 0 Å². The Morgan fingerprint density at radius 2 is 1.87 bits per heavy atom. The summed E-state index contributed by atoms with van der Waals surface area (Å²) in [6.07, 6.45) is 6.92. The van der Waals surface area contributed by atoms with Crippen LogP contribution in [0.2, 0.25) is 0 Å². The number of nitrogens with two attached hydrogens (primary N) is 1. The van der Waals surface area contributed by atoms with E-state index in [1.807, 2.05) is 0 Å². The van der Waals surface area contributed by atoms with Crippen LogP contribution in [0.15, 0.2) is 0 Å². The van der Waals surface area contributed by atoms with Crippen LogP contribution in [0.4, 0.5) is 0 Å². The first-order chi connectivity index (χ1) is 7.09. The predicted octanol–water partition coefficient (Wildman–Crippen LogP) is 2.63. The molecule has 0 heterocycles.